The smallest absolute Gasteiger partial charge is 0.305 e. The topological polar surface area (TPSA) is 49.3 Å². The highest BCUT2D eigenvalue weighted by atomic mass is 35.5. The molecular formula is C12H12ClNO2S2. The molecule has 2 rings (SSSR count). The van der Waals surface area contributed by atoms with Gasteiger partial charge in [-0.15, -0.1) is 22.7 Å². The summed E-state index contributed by atoms with van der Waals surface area (Å²) in [5.41, 5.74) is 0. The second-order valence-corrected chi connectivity index (χ2v) is 6.19. The Bertz CT molecular complexity index is 510. The van der Waals surface area contributed by atoms with Gasteiger partial charge in [-0.2, -0.15) is 0 Å². The van der Waals surface area contributed by atoms with Gasteiger partial charge in [-0.1, -0.05) is 17.7 Å². The number of carboxylic acid groups (broad SMARTS) is 1. The van der Waals surface area contributed by atoms with Crippen LogP contribution in [0.2, 0.25) is 5.02 Å². The molecule has 0 aliphatic rings. The molecule has 3 nitrogen and oxygen atoms in total. The summed E-state index contributed by atoms with van der Waals surface area (Å²) in [6.45, 7) is 0.632. The number of thiophene rings is 2. The van der Waals surface area contributed by atoms with Crippen LogP contribution >= 0.6 is 34.3 Å². The van der Waals surface area contributed by atoms with Crippen LogP contribution in [0.5, 0.6) is 0 Å². The fraction of sp³-hybridized carbons (Fsp3) is 0.250. The Kier molecular flexibility index (Phi) is 4.77. The Morgan fingerprint density at radius 1 is 1.50 bits per heavy atom. The van der Waals surface area contributed by atoms with Gasteiger partial charge in [0.05, 0.1) is 17.5 Å². The van der Waals surface area contributed by atoms with Crippen molar-refractivity contribution < 1.29 is 9.90 Å². The van der Waals surface area contributed by atoms with E-state index in [1.165, 1.54) is 0 Å². The normalized spacial score (nSPS) is 12.5. The maximum Gasteiger partial charge on any atom is 0.305 e. The minimum atomic E-state index is -0.801. The average Bonchev–Trinajstić information content (AvgIpc) is 2.94. The summed E-state index contributed by atoms with van der Waals surface area (Å²) < 4.78 is 0. The minimum absolute atomic E-state index is 0.0830. The Hall–Kier alpha value is -0.880. The monoisotopic (exact) mass is 301 g/mol. The number of rotatable bonds is 6. The van der Waals surface area contributed by atoms with E-state index in [-0.39, 0.29) is 12.5 Å². The van der Waals surface area contributed by atoms with Gasteiger partial charge in [-0.25, -0.2) is 0 Å². The van der Waals surface area contributed by atoms with E-state index in [2.05, 4.69) is 5.32 Å². The third-order valence-electron chi connectivity index (χ3n) is 2.41. The Morgan fingerprint density at radius 3 is 2.89 bits per heavy atom. The van der Waals surface area contributed by atoms with Crippen LogP contribution in [0.3, 0.4) is 0 Å². The summed E-state index contributed by atoms with van der Waals surface area (Å²) in [6.07, 6.45) is 0.0830. The van der Waals surface area contributed by atoms with Gasteiger partial charge in [-0.05, 0) is 17.5 Å². The van der Waals surface area contributed by atoms with Crippen molar-refractivity contribution in [2.75, 3.05) is 0 Å². The van der Waals surface area contributed by atoms with Crippen LogP contribution in [0, 0.1) is 0 Å². The van der Waals surface area contributed by atoms with Crippen LogP contribution in [-0.4, -0.2) is 11.1 Å². The van der Waals surface area contributed by atoms with Crippen molar-refractivity contribution in [2.24, 2.45) is 0 Å². The molecule has 0 saturated carbocycles. The molecule has 2 N–H and O–H groups in total. The maximum atomic E-state index is 10.9. The number of halogens is 1. The minimum Gasteiger partial charge on any atom is -0.481 e. The van der Waals surface area contributed by atoms with E-state index < -0.39 is 5.97 Å². The lowest BCUT2D eigenvalue weighted by molar-refractivity contribution is -0.137. The van der Waals surface area contributed by atoms with E-state index in [0.717, 1.165) is 14.8 Å². The largest absolute Gasteiger partial charge is 0.481 e. The first kappa shape index (κ1) is 13.5. The molecule has 0 radical (unpaired) electrons. The van der Waals surface area contributed by atoms with Crippen molar-refractivity contribution in [2.45, 2.75) is 19.0 Å². The Morgan fingerprint density at radius 2 is 2.33 bits per heavy atom. The summed E-state index contributed by atoms with van der Waals surface area (Å²) in [5, 5.41) is 16.7. The SMILES string of the molecule is O=C(O)CC(NCc1cc(Cl)cs1)c1cccs1. The second-order valence-electron chi connectivity index (χ2n) is 3.78. The van der Waals surface area contributed by atoms with Gasteiger partial charge in [0.15, 0.2) is 0 Å². The van der Waals surface area contributed by atoms with Crippen molar-refractivity contribution >= 4 is 40.2 Å². The van der Waals surface area contributed by atoms with Crippen molar-refractivity contribution in [1.29, 1.82) is 0 Å². The first-order chi connectivity index (χ1) is 8.65. The standard InChI is InChI=1S/C12H12ClNO2S2/c13-8-4-9(18-7-8)6-14-10(5-12(15)16)11-2-1-3-17-11/h1-4,7,10,14H,5-6H2,(H,15,16). The fourth-order valence-corrected chi connectivity index (χ4v) is 3.43. The molecule has 0 aliphatic heterocycles. The third-order valence-corrected chi connectivity index (χ3v) is 4.68. The second kappa shape index (κ2) is 6.33. The summed E-state index contributed by atoms with van der Waals surface area (Å²) in [7, 11) is 0. The molecule has 2 aromatic heterocycles. The van der Waals surface area contributed by atoms with Gasteiger partial charge >= 0.3 is 5.97 Å². The lowest BCUT2D eigenvalue weighted by Crippen LogP contribution is -2.22. The van der Waals surface area contributed by atoms with Gasteiger partial charge in [0, 0.05) is 21.7 Å². The first-order valence-electron chi connectivity index (χ1n) is 5.36. The number of aliphatic carboxylic acids is 1. The quantitative estimate of drug-likeness (QED) is 0.854. The molecule has 0 aromatic carbocycles. The van der Waals surface area contributed by atoms with E-state index in [9.17, 15) is 4.79 Å². The van der Waals surface area contributed by atoms with Gasteiger partial charge in [0.1, 0.15) is 0 Å². The van der Waals surface area contributed by atoms with E-state index in [1.807, 2.05) is 29.0 Å². The van der Waals surface area contributed by atoms with E-state index in [4.69, 9.17) is 16.7 Å². The third kappa shape index (κ3) is 3.81. The van der Waals surface area contributed by atoms with Crippen LogP contribution < -0.4 is 5.32 Å². The molecule has 0 amide bonds. The molecule has 18 heavy (non-hydrogen) atoms. The summed E-state index contributed by atoms with van der Waals surface area (Å²) in [4.78, 5) is 13.0. The predicted molar refractivity (Wildman–Crippen MR) is 75.5 cm³/mol. The number of hydrogen-bond acceptors (Lipinski definition) is 4. The molecule has 0 fully saturated rings. The van der Waals surface area contributed by atoms with Crippen LogP contribution in [0.1, 0.15) is 22.2 Å². The lowest BCUT2D eigenvalue weighted by atomic mass is 10.1. The zero-order valence-electron chi connectivity index (χ0n) is 9.43. The highest BCUT2D eigenvalue weighted by Crippen LogP contribution is 2.24. The van der Waals surface area contributed by atoms with Crippen LogP contribution in [0.4, 0.5) is 0 Å². The zero-order chi connectivity index (χ0) is 13.0. The molecule has 6 heteroatoms. The van der Waals surface area contributed by atoms with Crippen LogP contribution in [0.25, 0.3) is 0 Å². The van der Waals surface area contributed by atoms with Crippen molar-refractivity contribution in [3.63, 3.8) is 0 Å². The highest BCUT2D eigenvalue weighted by Gasteiger charge is 2.16. The first-order valence-corrected chi connectivity index (χ1v) is 7.50. The lowest BCUT2D eigenvalue weighted by Gasteiger charge is -2.14. The summed E-state index contributed by atoms with van der Waals surface area (Å²) in [6, 6.07) is 5.62. The molecule has 2 aromatic rings. The van der Waals surface area contributed by atoms with E-state index in [1.54, 1.807) is 22.7 Å². The predicted octanol–water partition coefficient (Wildman–Crippen LogP) is 3.77. The number of hydrogen-bond donors (Lipinski definition) is 2. The van der Waals surface area contributed by atoms with Gasteiger partial charge in [0.25, 0.3) is 0 Å². The maximum absolute atomic E-state index is 10.9. The molecule has 96 valence electrons. The highest BCUT2D eigenvalue weighted by molar-refractivity contribution is 7.10. The molecule has 2 heterocycles. The zero-order valence-corrected chi connectivity index (χ0v) is 11.8. The van der Waals surface area contributed by atoms with Gasteiger partial charge in [-0.3, -0.25) is 4.79 Å². The van der Waals surface area contributed by atoms with Gasteiger partial charge in [0.2, 0.25) is 0 Å². The number of carbonyl (C=O) groups is 1. The number of carboxylic acids is 1. The summed E-state index contributed by atoms with van der Waals surface area (Å²) >= 11 is 8.98. The molecule has 0 spiro atoms. The van der Waals surface area contributed by atoms with Gasteiger partial charge < -0.3 is 10.4 Å². The van der Waals surface area contributed by atoms with Crippen molar-refractivity contribution in [3.05, 3.63) is 43.7 Å². The van der Waals surface area contributed by atoms with Crippen molar-refractivity contribution in [1.82, 2.24) is 5.32 Å². The molecule has 1 atom stereocenters. The Labute approximate surface area is 118 Å². The van der Waals surface area contributed by atoms with Crippen LogP contribution in [0.15, 0.2) is 29.0 Å². The number of nitrogens with one attached hydrogen (secondary N) is 1. The summed E-state index contributed by atoms with van der Waals surface area (Å²) in [5.74, 6) is -0.801. The fourth-order valence-electron chi connectivity index (χ4n) is 1.61. The average molecular weight is 302 g/mol. The van der Waals surface area contributed by atoms with E-state index in [0.29, 0.717) is 6.54 Å². The van der Waals surface area contributed by atoms with E-state index >= 15 is 0 Å². The molecule has 1 unspecified atom stereocenters. The molecule has 0 bridgehead atoms. The van der Waals surface area contributed by atoms with Crippen molar-refractivity contribution in [3.8, 4) is 0 Å². The molecular weight excluding hydrogens is 290 g/mol. The molecule has 0 saturated heterocycles. The molecule has 0 aliphatic carbocycles. The van der Waals surface area contributed by atoms with Crippen LogP contribution in [-0.2, 0) is 11.3 Å². The Balaban J connectivity index is 1.99.